The monoisotopic (exact) mass is 240 g/mol. The molecule has 0 bridgehead atoms. The Hall–Kier alpha value is -0.730. The molecule has 0 spiro atoms. The molecule has 0 aliphatic rings. The van der Waals surface area contributed by atoms with Gasteiger partial charge in [0.15, 0.2) is 0 Å². The van der Waals surface area contributed by atoms with Gasteiger partial charge in [-0.3, -0.25) is 0 Å². The van der Waals surface area contributed by atoms with Crippen LogP contribution in [0.1, 0.15) is 32.8 Å². The van der Waals surface area contributed by atoms with Crippen LogP contribution >= 0.6 is 11.6 Å². The molecule has 1 rings (SSSR count). The lowest BCUT2D eigenvalue weighted by atomic mass is 9.98. The molecule has 0 atom stereocenters. The van der Waals surface area contributed by atoms with E-state index in [9.17, 15) is 0 Å². The van der Waals surface area contributed by atoms with Gasteiger partial charge in [0.1, 0.15) is 0 Å². The highest BCUT2D eigenvalue weighted by molar-refractivity contribution is 6.30. The molecule has 0 radical (unpaired) electrons. The van der Waals surface area contributed by atoms with Crippen molar-refractivity contribution in [3.63, 3.8) is 0 Å². The maximum atomic E-state index is 5.97. The smallest absolute Gasteiger partial charge is 0.0414 e. The summed E-state index contributed by atoms with van der Waals surface area (Å²) in [6.07, 6.45) is 1.08. The molecule has 0 heterocycles. The van der Waals surface area contributed by atoms with Crippen LogP contribution in [0.15, 0.2) is 18.2 Å². The quantitative estimate of drug-likeness (QED) is 0.874. The van der Waals surface area contributed by atoms with Crippen molar-refractivity contribution in [2.24, 2.45) is 5.73 Å². The van der Waals surface area contributed by atoms with Gasteiger partial charge in [0.2, 0.25) is 0 Å². The van der Waals surface area contributed by atoms with Crippen LogP contribution in [-0.4, -0.2) is 12.6 Å². The molecule has 1 aromatic rings. The molecule has 90 valence electrons. The maximum absolute atomic E-state index is 5.97. The van der Waals surface area contributed by atoms with Crippen molar-refractivity contribution in [3.8, 4) is 0 Å². The number of rotatable bonds is 4. The van der Waals surface area contributed by atoms with E-state index in [2.05, 4.69) is 32.7 Å². The Balaban J connectivity index is 3.13. The second-order valence-electron chi connectivity index (χ2n) is 4.70. The normalized spacial score (nSPS) is 11.6. The number of hydrogen-bond donors (Lipinski definition) is 1. The first-order valence-electron chi connectivity index (χ1n) is 5.64. The van der Waals surface area contributed by atoms with Gasteiger partial charge in [-0.05, 0) is 44.0 Å². The van der Waals surface area contributed by atoms with Crippen LogP contribution in [0.5, 0.6) is 0 Å². The standard InChI is InChI=1S/C13H21ClN2/c1-5-13(2,3)16(4)12-7-6-11(14)8-10(12)9-15/h6-8H,5,9,15H2,1-4H3. The number of benzene rings is 1. The summed E-state index contributed by atoms with van der Waals surface area (Å²) >= 11 is 5.97. The Labute approximate surface area is 103 Å². The molecule has 2 N–H and O–H groups in total. The third-order valence-corrected chi connectivity index (χ3v) is 3.63. The van der Waals surface area contributed by atoms with Crippen LogP contribution in [0, 0.1) is 0 Å². The lowest BCUT2D eigenvalue weighted by molar-refractivity contribution is 0.470. The topological polar surface area (TPSA) is 29.3 Å². The van der Waals surface area contributed by atoms with Gasteiger partial charge < -0.3 is 10.6 Å². The zero-order chi connectivity index (χ0) is 12.3. The first-order chi connectivity index (χ1) is 7.42. The lowest BCUT2D eigenvalue weighted by Crippen LogP contribution is -2.41. The van der Waals surface area contributed by atoms with E-state index in [4.69, 9.17) is 17.3 Å². The van der Waals surface area contributed by atoms with Crippen molar-refractivity contribution >= 4 is 17.3 Å². The van der Waals surface area contributed by atoms with Crippen molar-refractivity contribution in [1.29, 1.82) is 0 Å². The lowest BCUT2D eigenvalue weighted by Gasteiger charge is -2.38. The van der Waals surface area contributed by atoms with Gasteiger partial charge in [0.25, 0.3) is 0 Å². The van der Waals surface area contributed by atoms with E-state index in [-0.39, 0.29) is 5.54 Å². The van der Waals surface area contributed by atoms with Crippen LogP contribution in [0.4, 0.5) is 5.69 Å². The molecule has 1 aromatic carbocycles. The van der Waals surface area contributed by atoms with Gasteiger partial charge in [-0.25, -0.2) is 0 Å². The average molecular weight is 241 g/mol. The Morgan fingerprint density at radius 2 is 2.00 bits per heavy atom. The molecule has 0 amide bonds. The van der Waals surface area contributed by atoms with Crippen molar-refractivity contribution in [1.82, 2.24) is 0 Å². The van der Waals surface area contributed by atoms with E-state index in [1.807, 2.05) is 18.2 Å². The summed E-state index contributed by atoms with van der Waals surface area (Å²) in [5.41, 5.74) is 8.14. The number of hydrogen-bond acceptors (Lipinski definition) is 2. The van der Waals surface area contributed by atoms with E-state index in [0.717, 1.165) is 17.0 Å². The Morgan fingerprint density at radius 1 is 1.38 bits per heavy atom. The van der Waals surface area contributed by atoms with Crippen LogP contribution < -0.4 is 10.6 Å². The maximum Gasteiger partial charge on any atom is 0.0414 e. The van der Waals surface area contributed by atoms with Crippen LogP contribution in [0.3, 0.4) is 0 Å². The predicted molar refractivity (Wildman–Crippen MR) is 72.1 cm³/mol. The molecular weight excluding hydrogens is 220 g/mol. The summed E-state index contributed by atoms with van der Waals surface area (Å²) in [7, 11) is 2.10. The molecule has 2 nitrogen and oxygen atoms in total. The fraction of sp³-hybridized carbons (Fsp3) is 0.538. The van der Waals surface area contributed by atoms with Gasteiger partial charge in [-0.2, -0.15) is 0 Å². The van der Waals surface area contributed by atoms with Crippen molar-refractivity contribution in [3.05, 3.63) is 28.8 Å². The highest BCUT2D eigenvalue weighted by Crippen LogP contribution is 2.29. The zero-order valence-electron chi connectivity index (χ0n) is 10.5. The average Bonchev–Trinajstić information content (AvgIpc) is 2.27. The zero-order valence-corrected chi connectivity index (χ0v) is 11.3. The summed E-state index contributed by atoms with van der Waals surface area (Å²) in [6.45, 7) is 7.15. The van der Waals surface area contributed by atoms with Crippen molar-refractivity contribution in [2.75, 3.05) is 11.9 Å². The molecule has 0 unspecified atom stereocenters. The molecule has 0 saturated heterocycles. The molecular formula is C13H21ClN2. The predicted octanol–water partition coefficient (Wildman–Crippen LogP) is 3.42. The van der Waals surface area contributed by atoms with Gasteiger partial charge in [-0.1, -0.05) is 18.5 Å². The largest absolute Gasteiger partial charge is 0.369 e. The fourth-order valence-corrected chi connectivity index (χ4v) is 1.80. The Morgan fingerprint density at radius 3 is 2.50 bits per heavy atom. The second-order valence-corrected chi connectivity index (χ2v) is 5.14. The number of nitrogens with zero attached hydrogens (tertiary/aromatic N) is 1. The van der Waals surface area contributed by atoms with E-state index < -0.39 is 0 Å². The summed E-state index contributed by atoms with van der Waals surface area (Å²) < 4.78 is 0. The third-order valence-electron chi connectivity index (χ3n) is 3.40. The van der Waals surface area contributed by atoms with Gasteiger partial charge in [0.05, 0.1) is 0 Å². The first kappa shape index (κ1) is 13.3. The minimum atomic E-state index is 0.123. The van der Waals surface area contributed by atoms with Crippen molar-refractivity contribution < 1.29 is 0 Å². The van der Waals surface area contributed by atoms with E-state index in [0.29, 0.717) is 6.54 Å². The fourth-order valence-electron chi connectivity index (χ4n) is 1.61. The number of nitrogens with two attached hydrogens (primary N) is 1. The first-order valence-corrected chi connectivity index (χ1v) is 6.02. The Bertz CT molecular complexity index is 361. The summed E-state index contributed by atoms with van der Waals surface area (Å²) in [6, 6.07) is 5.90. The molecule has 0 fully saturated rings. The highest BCUT2D eigenvalue weighted by atomic mass is 35.5. The Kier molecular flexibility index (Phi) is 4.22. The minimum absolute atomic E-state index is 0.123. The van der Waals surface area contributed by atoms with Crippen LogP contribution in [-0.2, 0) is 6.54 Å². The van der Waals surface area contributed by atoms with Gasteiger partial charge in [0, 0.05) is 29.8 Å². The minimum Gasteiger partial charge on any atom is -0.369 e. The summed E-state index contributed by atoms with van der Waals surface area (Å²) in [5, 5.41) is 0.743. The van der Waals surface area contributed by atoms with Crippen molar-refractivity contribution in [2.45, 2.75) is 39.3 Å². The molecule has 0 aliphatic carbocycles. The van der Waals surface area contributed by atoms with Crippen LogP contribution in [0.25, 0.3) is 0 Å². The molecule has 0 aromatic heterocycles. The molecule has 16 heavy (non-hydrogen) atoms. The van der Waals surface area contributed by atoms with Crippen LogP contribution in [0.2, 0.25) is 5.02 Å². The summed E-state index contributed by atoms with van der Waals surface area (Å²) in [5.74, 6) is 0. The second kappa shape index (κ2) is 5.07. The SMILES string of the molecule is CCC(C)(C)N(C)c1ccc(Cl)cc1CN. The van der Waals surface area contributed by atoms with E-state index in [1.54, 1.807) is 0 Å². The van der Waals surface area contributed by atoms with Gasteiger partial charge in [-0.15, -0.1) is 0 Å². The highest BCUT2D eigenvalue weighted by Gasteiger charge is 2.22. The molecule has 0 saturated carbocycles. The third kappa shape index (κ3) is 2.69. The number of anilines is 1. The molecule has 0 aliphatic heterocycles. The summed E-state index contributed by atoms with van der Waals surface area (Å²) in [4.78, 5) is 2.27. The molecule has 3 heteroatoms. The van der Waals surface area contributed by atoms with E-state index >= 15 is 0 Å². The van der Waals surface area contributed by atoms with Gasteiger partial charge >= 0.3 is 0 Å². The number of halogens is 1. The van der Waals surface area contributed by atoms with E-state index in [1.165, 1.54) is 5.69 Å².